The number of rotatable bonds is 7. The lowest BCUT2D eigenvalue weighted by Crippen LogP contribution is -2.41. The van der Waals surface area contributed by atoms with Crippen LogP contribution in [0.5, 0.6) is 0 Å². The fraction of sp³-hybridized carbons (Fsp3) is 0.333. The normalized spacial score (nSPS) is 16.3. The van der Waals surface area contributed by atoms with Gasteiger partial charge in [0.15, 0.2) is 0 Å². The van der Waals surface area contributed by atoms with Crippen LogP contribution in [-0.2, 0) is 9.53 Å². The number of ether oxygens (including phenoxy) is 1. The van der Waals surface area contributed by atoms with Gasteiger partial charge in [-0.25, -0.2) is 4.98 Å². The van der Waals surface area contributed by atoms with E-state index in [0.29, 0.717) is 0 Å². The van der Waals surface area contributed by atoms with Crippen molar-refractivity contribution < 1.29 is 9.53 Å². The second kappa shape index (κ2) is 10.2. The number of likely N-dealkylation sites (tertiary alicyclic amines) is 1. The van der Waals surface area contributed by atoms with Crippen LogP contribution >= 0.6 is 0 Å². The van der Waals surface area contributed by atoms with Crippen molar-refractivity contribution in [3.63, 3.8) is 0 Å². The summed E-state index contributed by atoms with van der Waals surface area (Å²) >= 11 is 0. The van der Waals surface area contributed by atoms with Gasteiger partial charge in [-0.1, -0.05) is 12.1 Å². The van der Waals surface area contributed by atoms with Crippen molar-refractivity contribution in [2.75, 3.05) is 38.6 Å². The van der Waals surface area contributed by atoms with Crippen molar-refractivity contribution in [2.45, 2.75) is 19.8 Å². The van der Waals surface area contributed by atoms with Crippen LogP contribution < -0.4 is 5.32 Å². The molecule has 0 saturated carbocycles. The highest BCUT2D eigenvalue weighted by molar-refractivity contribution is 5.88. The number of pyridine rings is 2. The molecule has 1 saturated heterocycles. The number of anilines is 1. The van der Waals surface area contributed by atoms with Crippen LogP contribution in [0.4, 0.5) is 5.69 Å². The number of carbonyl (C=O) groups excluding carboxylic acids is 1. The van der Waals surface area contributed by atoms with Crippen molar-refractivity contribution in [1.82, 2.24) is 24.8 Å². The number of aromatic nitrogens is 4. The Bertz CT molecular complexity index is 1330. The number of esters is 1. The first kappa shape index (κ1) is 23.0. The van der Waals surface area contributed by atoms with Crippen LogP contribution in [0.25, 0.3) is 33.5 Å². The Kier molecular flexibility index (Phi) is 6.72. The molecule has 5 rings (SSSR count). The molecule has 1 aliphatic heterocycles. The summed E-state index contributed by atoms with van der Waals surface area (Å²) in [5.41, 5.74) is 6.53. The molecule has 4 heterocycles. The average molecular weight is 471 g/mol. The maximum atomic E-state index is 11.9. The van der Waals surface area contributed by atoms with Crippen molar-refractivity contribution in [1.29, 1.82) is 0 Å². The van der Waals surface area contributed by atoms with Gasteiger partial charge in [0, 0.05) is 36.3 Å². The zero-order chi connectivity index (χ0) is 24.2. The van der Waals surface area contributed by atoms with E-state index in [1.807, 2.05) is 43.5 Å². The number of carbonyl (C=O) groups is 1. The zero-order valence-electron chi connectivity index (χ0n) is 20.1. The molecule has 1 aliphatic rings. The Balaban J connectivity index is 1.29. The molecule has 0 spiro atoms. The second-order valence-corrected chi connectivity index (χ2v) is 9.01. The molecule has 4 aromatic rings. The highest BCUT2D eigenvalue weighted by Gasteiger charge is 2.26. The monoisotopic (exact) mass is 470 g/mol. The third-order valence-electron chi connectivity index (χ3n) is 6.54. The number of methoxy groups -OCH3 is 1. The number of hydrogen-bond donors (Lipinski definition) is 2. The number of aryl methyl sites for hydroxylation is 1. The minimum absolute atomic E-state index is 0.0172. The highest BCUT2D eigenvalue weighted by Crippen LogP contribution is 2.30. The van der Waals surface area contributed by atoms with Gasteiger partial charge in [0.05, 0.1) is 53.8 Å². The quantitative estimate of drug-likeness (QED) is 0.389. The number of nitrogens with one attached hydrogen (secondary N) is 2. The Morgan fingerprint density at radius 2 is 2.14 bits per heavy atom. The smallest absolute Gasteiger partial charge is 0.309 e. The molecular weight excluding hydrogens is 440 g/mol. The third-order valence-corrected chi connectivity index (χ3v) is 6.54. The van der Waals surface area contributed by atoms with E-state index in [1.54, 1.807) is 6.33 Å². The van der Waals surface area contributed by atoms with E-state index in [1.165, 1.54) is 7.11 Å². The second-order valence-electron chi connectivity index (χ2n) is 9.01. The molecule has 1 atom stereocenters. The standard InChI is InChI=1S/C27H30N6O2/c1-18-5-3-7-24(32-18)26-25(30-17-31-26)19-8-9-23-21(13-19)14-22(15-29-23)28-10-12-33-11-4-6-20(16-33)27(34)35-2/h3,5,7-9,13-15,17,20,28H,4,6,10-12,16H2,1-2H3,(H,30,31)/t20-/m1/s1. The minimum Gasteiger partial charge on any atom is -0.469 e. The van der Waals surface area contributed by atoms with Gasteiger partial charge in [-0.2, -0.15) is 0 Å². The summed E-state index contributed by atoms with van der Waals surface area (Å²) in [6, 6.07) is 14.3. The zero-order valence-corrected chi connectivity index (χ0v) is 20.1. The molecule has 3 aromatic heterocycles. The fourth-order valence-electron chi connectivity index (χ4n) is 4.74. The summed E-state index contributed by atoms with van der Waals surface area (Å²) in [5.74, 6) is -0.119. The maximum absolute atomic E-state index is 11.9. The maximum Gasteiger partial charge on any atom is 0.309 e. The summed E-state index contributed by atoms with van der Waals surface area (Å²) in [7, 11) is 1.47. The third kappa shape index (κ3) is 5.17. The SMILES string of the molecule is COC(=O)[C@@H]1CCCN(CCNc2cnc3ccc(-c4nc[nH]c4-c4cccc(C)n4)cc3c2)C1. The highest BCUT2D eigenvalue weighted by atomic mass is 16.5. The largest absolute Gasteiger partial charge is 0.469 e. The molecule has 180 valence electrons. The molecular formula is C27H30N6O2. The van der Waals surface area contributed by atoms with Gasteiger partial charge < -0.3 is 19.9 Å². The molecule has 8 heteroatoms. The Morgan fingerprint density at radius 3 is 3.00 bits per heavy atom. The molecule has 0 bridgehead atoms. The van der Waals surface area contributed by atoms with E-state index in [2.05, 4.69) is 42.3 Å². The number of fused-ring (bicyclic) bond motifs is 1. The summed E-state index contributed by atoms with van der Waals surface area (Å²) in [6.07, 6.45) is 5.51. The van der Waals surface area contributed by atoms with Crippen molar-refractivity contribution >= 4 is 22.6 Å². The van der Waals surface area contributed by atoms with Crippen molar-refractivity contribution in [3.05, 3.63) is 60.7 Å². The van der Waals surface area contributed by atoms with Crippen LogP contribution in [0.15, 0.2) is 55.0 Å². The lowest BCUT2D eigenvalue weighted by molar-refractivity contribution is -0.147. The predicted molar refractivity (Wildman–Crippen MR) is 137 cm³/mol. The van der Waals surface area contributed by atoms with Crippen molar-refractivity contribution in [3.8, 4) is 22.6 Å². The molecule has 8 nitrogen and oxygen atoms in total. The molecule has 1 fully saturated rings. The van der Waals surface area contributed by atoms with Gasteiger partial charge in [-0.15, -0.1) is 0 Å². The number of imidazole rings is 1. The average Bonchev–Trinajstić information content (AvgIpc) is 3.38. The summed E-state index contributed by atoms with van der Waals surface area (Å²) in [5, 5.41) is 4.53. The van der Waals surface area contributed by atoms with Crippen LogP contribution in [0.3, 0.4) is 0 Å². The fourth-order valence-corrected chi connectivity index (χ4v) is 4.74. The van der Waals surface area contributed by atoms with E-state index in [9.17, 15) is 4.79 Å². The van der Waals surface area contributed by atoms with E-state index < -0.39 is 0 Å². The number of aromatic amines is 1. The number of hydrogen-bond acceptors (Lipinski definition) is 7. The van der Waals surface area contributed by atoms with Crippen LogP contribution in [-0.4, -0.2) is 64.1 Å². The molecule has 0 unspecified atom stereocenters. The number of nitrogens with zero attached hydrogens (tertiary/aromatic N) is 4. The summed E-state index contributed by atoms with van der Waals surface area (Å²) < 4.78 is 4.93. The van der Waals surface area contributed by atoms with Crippen LogP contribution in [0.2, 0.25) is 0 Å². The van der Waals surface area contributed by atoms with Crippen LogP contribution in [0.1, 0.15) is 18.5 Å². The van der Waals surface area contributed by atoms with Crippen molar-refractivity contribution in [2.24, 2.45) is 5.92 Å². The molecule has 1 aromatic carbocycles. The molecule has 0 amide bonds. The molecule has 35 heavy (non-hydrogen) atoms. The Labute approximate surface area is 204 Å². The first-order chi connectivity index (χ1) is 17.1. The summed E-state index contributed by atoms with van der Waals surface area (Å²) in [6.45, 7) is 5.40. The number of piperidine rings is 1. The van der Waals surface area contributed by atoms with E-state index in [-0.39, 0.29) is 11.9 Å². The first-order valence-corrected chi connectivity index (χ1v) is 12.0. The predicted octanol–water partition coefficient (Wildman–Crippen LogP) is 4.29. The number of H-pyrrole nitrogens is 1. The van der Waals surface area contributed by atoms with Gasteiger partial charge in [-0.05, 0) is 56.6 Å². The minimum atomic E-state index is -0.101. The van der Waals surface area contributed by atoms with Gasteiger partial charge in [0.1, 0.15) is 0 Å². The van der Waals surface area contributed by atoms with Gasteiger partial charge in [-0.3, -0.25) is 14.8 Å². The van der Waals surface area contributed by atoms with E-state index in [0.717, 1.165) is 84.0 Å². The van der Waals surface area contributed by atoms with Crippen LogP contribution in [0, 0.1) is 12.8 Å². The lowest BCUT2D eigenvalue weighted by atomic mass is 9.98. The van der Waals surface area contributed by atoms with Gasteiger partial charge in [0.2, 0.25) is 0 Å². The number of benzene rings is 1. The summed E-state index contributed by atoms with van der Waals surface area (Å²) in [4.78, 5) is 31.3. The van der Waals surface area contributed by atoms with E-state index in [4.69, 9.17) is 4.74 Å². The molecule has 0 radical (unpaired) electrons. The lowest BCUT2D eigenvalue weighted by Gasteiger charge is -2.31. The molecule has 0 aliphatic carbocycles. The topological polar surface area (TPSA) is 96.0 Å². The Morgan fingerprint density at radius 1 is 1.23 bits per heavy atom. The van der Waals surface area contributed by atoms with Gasteiger partial charge in [0.25, 0.3) is 0 Å². The Hall–Kier alpha value is -3.78. The first-order valence-electron chi connectivity index (χ1n) is 12.0. The molecule has 2 N–H and O–H groups in total. The van der Waals surface area contributed by atoms with Gasteiger partial charge >= 0.3 is 5.97 Å². The van der Waals surface area contributed by atoms with E-state index >= 15 is 0 Å².